The van der Waals surface area contributed by atoms with E-state index in [1.54, 1.807) is 12.2 Å². The molecule has 90 valence electrons. The third kappa shape index (κ3) is 10.7. The van der Waals surface area contributed by atoms with Crippen LogP contribution in [0.1, 0.15) is 32.6 Å². The second-order valence-electron chi connectivity index (χ2n) is 3.47. The van der Waals surface area contributed by atoms with Crippen LogP contribution < -0.4 is 0 Å². The molecule has 3 heteroatoms. The quantitative estimate of drug-likeness (QED) is 0.492. The first-order valence-corrected chi connectivity index (χ1v) is 5.55. The van der Waals surface area contributed by atoms with Crippen LogP contribution in [0.4, 0.5) is 0 Å². The first-order chi connectivity index (χ1) is 7.66. The third-order valence-electron chi connectivity index (χ3n) is 1.86. The topological polar surface area (TPSA) is 57.5 Å². The molecule has 16 heavy (non-hydrogen) atoms. The number of unbranched alkanes of at least 4 members (excludes halogenated alkanes) is 1. The summed E-state index contributed by atoms with van der Waals surface area (Å²) in [4.78, 5) is 10.2. The number of rotatable bonds is 8. The third-order valence-corrected chi connectivity index (χ3v) is 1.86. The molecule has 0 heterocycles. The minimum absolute atomic E-state index is 0.249. The summed E-state index contributed by atoms with van der Waals surface area (Å²) in [6.07, 6.45) is 13.1. The van der Waals surface area contributed by atoms with E-state index in [-0.39, 0.29) is 6.42 Å². The Labute approximate surface area is 96.8 Å². The summed E-state index contributed by atoms with van der Waals surface area (Å²) in [5, 5.41) is 17.6. The zero-order valence-corrected chi connectivity index (χ0v) is 9.67. The van der Waals surface area contributed by atoms with Crippen molar-refractivity contribution in [2.24, 2.45) is 0 Å². The molecule has 0 bridgehead atoms. The predicted octanol–water partition coefficient (Wildman–Crippen LogP) is 2.68. The largest absolute Gasteiger partial charge is 0.481 e. The van der Waals surface area contributed by atoms with Crippen LogP contribution in [-0.2, 0) is 4.79 Å². The molecule has 0 aliphatic rings. The van der Waals surface area contributed by atoms with Gasteiger partial charge in [0.1, 0.15) is 0 Å². The van der Waals surface area contributed by atoms with E-state index in [2.05, 4.69) is 19.1 Å². The summed E-state index contributed by atoms with van der Waals surface area (Å²) in [6, 6.07) is 0. The molecule has 0 aromatic carbocycles. The van der Waals surface area contributed by atoms with Gasteiger partial charge in [-0.2, -0.15) is 0 Å². The first-order valence-electron chi connectivity index (χ1n) is 5.55. The molecule has 0 aliphatic heterocycles. The van der Waals surface area contributed by atoms with Gasteiger partial charge < -0.3 is 10.2 Å². The van der Waals surface area contributed by atoms with E-state index in [1.807, 2.05) is 6.08 Å². The summed E-state index contributed by atoms with van der Waals surface area (Å²) in [5.74, 6) is -0.997. The molecular weight excluding hydrogens is 204 g/mol. The Bertz CT molecular complexity index is 264. The summed E-state index contributed by atoms with van der Waals surface area (Å²) >= 11 is 0. The Morgan fingerprint density at radius 1 is 1.25 bits per heavy atom. The van der Waals surface area contributed by atoms with Crippen molar-refractivity contribution in [3.05, 3.63) is 36.5 Å². The van der Waals surface area contributed by atoms with Gasteiger partial charge in [-0.15, -0.1) is 0 Å². The minimum atomic E-state index is -0.997. The maximum atomic E-state index is 10.2. The van der Waals surface area contributed by atoms with Crippen LogP contribution in [0.2, 0.25) is 0 Å². The fourth-order valence-electron chi connectivity index (χ4n) is 1.06. The van der Waals surface area contributed by atoms with Crippen LogP contribution in [0, 0.1) is 0 Å². The number of carboxylic acids is 1. The van der Waals surface area contributed by atoms with Gasteiger partial charge in [0.05, 0.1) is 12.5 Å². The van der Waals surface area contributed by atoms with Crippen molar-refractivity contribution < 1.29 is 15.0 Å². The summed E-state index contributed by atoms with van der Waals surface area (Å²) in [6.45, 7) is 2.13. The van der Waals surface area contributed by atoms with Crippen LogP contribution in [0.3, 0.4) is 0 Å². The van der Waals surface area contributed by atoms with Crippen molar-refractivity contribution in [2.75, 3.05) is 0 Å². The number of hydrogen-bond donors (Lipinski definition) is 2. The van der Waals surface area contributed by atoms with E-state index < -0.39 is 12.1 Å². The zero-order chi connectivity index (χ0) is 12.2. The van der Waals surface area contributed by atoms with Gasteiger partial charge in [-0.25, -0.2) is 0 Å². The number of carbonyl (C=O) groups is 1. The van der Waals surface area contributed by atoms with Crippen molar-refractivity contribution in [1.29, 1.82) is 0 Å². The molecular formula is C13H20O3. The maximum Gasteiger partial charge on any atom is 0.306 e. The van der Waals surface area contributed by atoms with Gasteiger partial charge in [-0.1, -0.05) is 49.8 Å². The van der Waals surface area contributed by atoms with Crippen LogP contribution in [0.25, 0.3) is 0 Å². The molecule has 0 aliphatic carbocycles. The summed E-state index contributed by atoms with van der Waals surface area (Å²) in [5.41, 5.74) is 0. The second-order valence-corrected chi connectivity index (χ2v) is 3.47. The van der Waals surface area contributed by atoms with E-state index in [9.17, 15) is 9.90 Å². The zero-order valence-electron chi connectivity index (χ0n) is 9.67. The summed E-state index contributed by atoms with van der Waals surface area (Å²) < 4.78 is 0. The molecule has 0 spiro atoms. The molecule has 0 radical (unpaired) electrons. The minimum Gasteiger partial charge on any atom is -0.481 e. The average Bonchev–Trinajstić information content (AvgIpc) is 2.21. The molecule has 1 atom stereocenters. The van der Waals surface area contributed by atoms with Crippen molar-refractivity contribution in [1.82, 2.24) is 0 Å². The lowest BCUT2D eigenvalue weighted by Crippen LogP contribution is -2.09. The van der Waals surface area contributed by atoms with Gasteiger partial charge in [0.2, 0.25) is 0 Å². The fourth-order valence-corrected chi connectivity index (χ4v) is 1.06. The van der Waals surface area contributed by atoms with E-state index in [0.717, 1.165) is 19.3 Å². The molecule has 0 amide bonds. The van der Waals surface area contributed by atoms with Crippen LogP contribution >= 0.6 is 0 Å². The van der Waals surface area contributed by atoms with Gasteiger partial charge in [0, 0.05) is 0 Å². The molecule has 0 aromatic rings. The van der Waals surface area contributed by atoms with E-state index >= 15 is 0 Å². The molecule has 0 aromatic heterocycles. The standard InChI is InChI=1S/C13H20O3/c1-2-3-4-5-6-7-8-9-10-12(14)11-13(15)16/h4-5,7-10,12,14H,2-3,6,11H2,1H3,(H,15,16). The van der Waals surface area contributed by atoms with Gasteiger partial charge in [-0.05, 0) is 12.8 Å². The lowest BCUT2D eigenvalue weighted by atomic mass is 10.2. The highest BCUT2D eigenvalue weighted by Crippen LogP contribution is 1.95. The highest BCUT2D eigenvalue weighted by atomic mass is 16.4. The number of aliphatic carboxylic acids is 1. The van der Waals surface area contributed by atoms with Crippen molar-refractivity contribution in [3.8, 4) is 0 Å². The molecule has 3 nitrogen and oxygen atoms in total. The van der Waals surface area contributed by atoms with E-state index in [4.69, 9.17) is 5.11 Å². The predicted molar refractivity (Wildman–Crippen MR) is 65.2 cm³/mol. The van der Waals surface area contributed by atoms with E-state index in [0.29, 0.717) is 0 Å². The maximum absolute atomic E-state index is 10.2. The monoisotopic (exact) mass is 224 g/mol. The van der Waals surface area contributed by atoms with Crippen LogP contribution in [0.15, 0.2) is 36.5 Å². The first kappa shape index (κ1) is 14.6. The van der Waals surface area contributed by atoms with E-state index in [1.165, 1.54) is 6.08 Å². The molecule has 0 rings (SSSR count). The SMILES string of the molecule is CCCC=CCC=CC=CC(O)CC(=O)O. The highest BCUT2D eigenvalue weighted by molar-refractivity contribution is 5.67. The Balaban J connectivity index is 3.65. The average molecular weight is 224 g/mol. The normalized spacial score (nSPS) is 14.1. The Kier molecular flexibility index (Phi) is 9.32. The lowest BCUT2D eigenvalue weighted by Gasteiger charge is -1.98. The van der Waals surface area contributed by atoms with Gasteiger partial charge >= 0.3 is 5.97 Å². The van der Waals surface area contributed by atoms with Gasteiger partial charge in [0.25, 0.3) is 0 Å². The Morgan fingerprint density at radius 3 is 2.62 bits per heavy atom. The summed E-state index contributed by atoms with van der Waals surface area (Å²) in [7, 11) is 0. The molecule has 0 fully saturated rings. The second kappa shape index (κ2) is 10.2. The fraction of sp³-hybridized carbons (Fsp3) is 0.462. The van der Waals surface area contributed by atoms with Crippen molar-refractivity contribution in [3.63, 3.8) is 0 Å². The lowest BCUT2D eigenvalue weighted by molar-refractivity contribution is -0.138. The molecule has 1 unspecified atom stereocenters. The highest BCUT2D eigenvalue weighted by Gasteiger charge is 2.03. The van der Waals surface area contributed by atoms with Gasteiger partial charge in [0.15, 0.2) is 0 Å². The number of allylic oxidation sites excluding steroid dienone is 5. The number of hydrogen-bond acceptors (Lipinski definition) is 2. The smallest absolute Gasteiger partial charge is 0.306 e. The van der Waals surface area contributed by atoms with Crippen molar-refractivity contribution in [2.45, 2.75) is 38.7 Å². The number of carboxylic acid groups (broad SMARTS) is 1. The number of aliphatic hydroxyl groups excluding tert-OH is 1. The Morgan fingerprint density at radius 2 is 2.00 bits per heavy atom. The van der Waals surface area contributed by atoms with Crippen LogP contribution in [-0.4, -0.2) is 22.3 Å². The van der Waals surface area contributed by atoms with Crippen molar-refractivity contribution >= 4 is 5.97 Å². The molecule has 0 saturated carbocycles. The Hall–Kier alpha value is -1.35. The molecule has 2 N–H and O–H groups in total. The number of aliphatic hydroxyl groups is 1. The van der Waals surface area contributed by atoms with Gasteiger partial charge in [-0.3, -0.25) is 4.79 Å². The molecule has 0 saturated heterocycles. The van der Waals surface area contributed by atoms with Crippen LogP contribution in [0.5, 0.6) is 0 Å².